The van der Waals surface area contributed by atoms with Gasteiger partial charge in [0.05, 0.1) is 25.1 Å². The van der Waals surface area contributed by atoms with Crippen LogP contribution in [0.25, 0.3) is 11.1 Å². The van der Waals surface area contributed by atoms with Gasteiger partial charge < -0.3 is 20.3 Å². The summed E-state index contributed by atoms with van der Waals surface area (Å²) in [5, 5.41) is 12.9. The zero-order chi connectivity index (χ0) is 22.4. The summed E-state index contributed by atoms with van der Waals surface area (Å²) in [5.74, 6) is -0.0339. The summed E-state index contributed by atoms with van der Waals surface area (Å²) in [6, 6.07) is 8.07. The van der Waals surface area contributed by atoms with Crippen LogP contribution >= 0.6 is 0 Å². The Morgan fingerprint density at radius 3 is 2.87 bits per heavy atom. The molecule has 0 aliphatic carbocycles. The predicted octanol–water partition coefficient (Wildman–Crippen LogP) is 2.30. The minimum absolute atomic E-state index is 0.210. The van der Waals surface area contributed by atoms with Gasteiger partial charge in [0, 0.05) is 44.4 Å². The van der Waals surface area contributed by atoms with Gasteiger partial charge in [-0.1, -0.05) is 0 Å². The number of anilines is 2. The Kier molecular flexibility index (Phi) is 7.01. The largest absolute Gasteiger partial charge is 0.442 e. The first-order valence-corrected chi connectivity index (χ1v) is 9.80. The van der Waals surface area contributed by atoms with Crippen molar-refractivity contribution in [3.63, 3.8) is 0 Å². The van der Waals surface area contributed by atoms with Crippen LogP contribution in [0.3, 0.4) is 0 Å². The summed E-state index contributed by atoms with van der Waals surface area (Å²) in [6.07, 6.45) is 1.76. The first-order valence-electron chi connectivity index (χ1n) is 9.80. The number of rotatable bonds is 9. The van der Waals surface area contributed by atoms with Crippen molar-refractivity contribution in [3.05, 3.63) is 42.3 Å². The zero-order valence-corrected chi connectivity index (χ0v) is 17.4. The van der Waals surface area contributed by atoms with Gasteiger partial charge in [0.1, 0.15) is 17.7 Å². The first-order chi connectivity index (χ1) is 14.9. The van der Waals surface area contributed by atoms with Gasteiger partial charge in [-0.05, 0) is 30.3 Å². The van der Waals surface area contributed by atoms with E-state index in [0.29, 0.717) is 35.7 Å². The summed E-state index contributed by atoms with van der Waals surface area (Å²) in [5.41, 5.74) is 1.37. The van der Waals surface area contributed by atoms with Gasteiger partial charge in [-0.25, -0.2) is 14.2 Å². The maximum absolute atomic E-state index is 14.8. The first kappa shape index (κ1) is 22.0. The number of halogens is 1. The highest BCUT2D eigenvalue weighted by Gasteiger charge is 2.32. The summed E-state index contributed by atoms with van der Waals surface area (Å²) in [6.45, 7) is 3.11. The number of nitrogens with one attached hydrogen (secondary N) is 3. The van der Waals surface area contributed by atoms with Crippen molar-refractivity contribution in [3.8, 4) is 11.1 Å². The van der Waals surface area contributed by atoms with Crippen molar-refractivity contribution < 1.29 is 18.7 Å². The van der Waals surface area contributed by atoms with Crippen molar-refractivity contribution >= 4 is 29.8 Å². The lowest BCUT2D eigenvalue weighted by Gasteiger charge is -2.15. The number of amides is 2. The van der Waals surface area contributed by atoms with E-state index in [2.05, 4.69) is 15.6 Å². The topological polar surface area (TPSA) is 111 Å². The Labute approximate surface area is 179 Å². The fraction of sp³-hybridized carbons (Fsp3) is 0.333. The van der Waals surface area contributed by atoms with Crippen molar-refractivity contribution in [2.24, 2.45) is 0 Å². The molecule has 9 nitrogen and oxygen atoms in total. The van der Waals surface area contributed by atoms with Gasteiger partial charge in [0.25, 0.3) is 0 Å². The summed E-state index contributed by atoms with van der Waals surface area (Å²) >= 11 is 0. The Bertz CT molecular complexity index is 953. The molecule has 0 bridgehead atoms. The summed E-state index contributed by atoms with van der Waals surface area (Å²) < 4.78 is 20.0. The fourth-order valence-corrected chi connectivity index (χ4v) is 3.08. The van der Waals surface area contributed by atoms with Crippen LogP contribution in [-0.4, -0.2) is 67.6 Å². The lowest BCUT2D eigenvalue weighted by Crippen LogP contribution is -2.33. The highest BCUT2D eigenvalue weighted by atomic mass is 19.1. The van der Waals surface area contributed by atoms with Crippen molar-refractivity contribution in [1.29, 1.82) is 5.41 Å². The predicted molar refractivity (Wildman–Crippen MR) is 116 cm³/mol. The number of carbonyl (C=O) groups excluding carboxylic acids is 2. The van der Waals surface area contributed by atoms with E-state index < -0.39 is 18.0 Å². The second kappa shape index (κ2) is 9.88. The van der Waals surface area contributed by atoms with Crippen LogP contribution in [0.5, 0.6) is 0 Å². The molecule has 1 saturated heterocycles. The third kappa shape index (κ3) is 5.68. The van der Waals surface area contributed by atoms with Crippen LogP contribution < -0.4 is 15.5 Å². The number of aromatic nitrogens is 1. The number of carbonyl (C=O) groups is 2. The summed E-state index contributed by atoms with van der Waals surface area (Å²) in [4.78, 5) is 30.5. The van der Waals surface area contributed by atoms with E-state index in [1.165, 1.54) is 24.2 Å². The molecule has 0 unspecified atom stereocenters. The Balaban J connectivity index is 1.65. The van der Waals surface area contributed by atoms with Crippen LogP contribution in [0, 0.1) is 11.2 Å². The number of ether oxygens (including phenoxy) is 1. The van der Waals surface area contributed by atoms with Crippen LogP contribution in [0.1, 0.15) is 6.92 Å². The van der Waals surface area contributed by atoms with Crippen LogP contribution in [0.4, 0.5) is 20.7 Å². The lowest BCUT2D eigenvalue weighted by atomic mass is 10.1. The molecule has 2 heterocycles. The van der Waals surface area contributed by atoms with Crippen LogP contribution in [0.15, 0.2) is 36.5 Å². The molecule has 1 aliphatic rings. The van der Waals surface area contributed by atoms with Gasteiger partial charge in [-0.15, -0.1) is 0 Å². The number of cyclic esters (lactones) is 1. The zero-order valence-electron chi connectivity index (χ0n) is 17.4. The molecule has 2 amide bonds. The quantitative estimate of drug-likeness (QED) is 0.418. The minimum atomic E-state index is -0.576. The molecule has 1 aromatic carbocycles. The fourth-order valence-electron chi connectivity index (χ4n) is 3.08. The van der Waals surface area contributed by atoms with E-state index in [-0.39, 0.29) is 19.0 Å². The standard InChI is InChI=1S/C21H25FN6O3/c1-14(29)25-11-17-12-28(21(30)31-17)16-4-5-18(19(22)9-16)15-3-6-20(26-10-15)24-7-8-27(2)13-23/h3-6,9-10,13,17,23H,7-8,11-12H2,1-2H3,(H,24,26)(H,25,29)/t17-/m0/s1. The van der Waals surface area contributed by atoms with E-state index in [0.717, 1.165) is 0 Å². The molecule has 2 aromatic rings. The molecule has 164 valence electrons. The van der Waals surface area contributed by atoms with Crippen LogP contribution in [-0.2, 0) is 9.53 Å². The number of pyridine rings is 1. The third-order valence-corrected chi connectivity index (χ3v) is 4.78. The molecule has 31 heavy (non-hydrogen) atoms. The van der Waals surface area contributed by atoms with Gasteiger partial charge in [0.15, 0.2) is 0 Å². The maximum atomic E-state index is 14.8. The molecule has 10 heteroatoms. The molecule has 1 atom stereocenters. The molecule has 3 N–H and O–H groups in total. The number of benzene rings is 1. The van der Waals surface area contributed by atoms with Crippen molar-refractivity contribution in [2.45, 2.75) is 13.0 Å². The van der Waals surface area contributed by atoms with Gasteiger partial charge in [-0.3, -0.25) is 15.1 Å². The SMILES string of the molecule is CC(=O)NC[C@H]1CN(c2ccc(-c3ccc(NCCN(C)C=N)nc3)c(F)c2)C(=O)O1. The molecule has 0 spiro atoms. The smallest absolute Gasteiger partial charge is 0.414 e. The van der Waals surface area contributed by atoms with Crippen molar-refractivity contribution in [1.82, 2.24) is 15.2 Å². The number of hydrogen-bond donors (Lipinski definition) is 3. The monoisotopic (exact) mass is 428 g/mol. The number of likely N-dealkylation sites (N-methyl/N-ethyl adjacent to an activating group) is 1. The average molecular weight is 428 g/mol. The normalized spacial score (nSPS) is 15.4. The van der Waals surface area contributed by atoms with E-state index >= 15 is 0 Å². The third-order valence-electron chi connectivity index (χ3n) is 4.78. The van der Waals surface area contributed by atoms with Crippen LogP contribution in [0.2, 0.25) is 0 Å². The Hall–Kier alpha value is -3.69. The Morgan fingerprint density at radius 2 is 2.23 bits per heavy atom. The number of hydrogen-bond acceptors (Lipinski definition) is 6. The molecule has 0 radical (unpaired) electrons. The van der Waals surface area contributed by atoms with Gasteiger partial charge in [-0.2, -0.15) is 0 Å². The molecule has 1 aromatic heterocycles. The molecule has 0 saturated carbocycles. The summed E-state index contributed by atoms with van der Waals surface area (Å²) in [7, 11) is 1.81. The highest BCUT2D eigenvalue weighted by Crippen LogP contribution is 2.29. The minimum Gasteiger partial charge on any atom is -0.442 e. The van der Waals surface area contributed by atoms with E-state index in [9.17, 15) is 14.0 Å². The van der Waals surface area contributed by atoms with E-state index in [1.807, 2.05) is 7.05 Å². The molecular formula is C21H25FN6O3. The van der Waals surface area contributed by atoms with Crippen molar-refractivity contribution in [2.75, 3.05) is 43.4 Å². The van der Waals surface area contributed by atoms with E-state index in [4.69, 9.17) is 10.1 Å². The molecule has 1 fully saturated rings. The van der Waals surface area contributed by atoms with Gasteiger partial charge >= 0.3 is 6.09 Å². The highest BCUT2D eigenvalue weighted by molar-refractivity contribution is 5.90. The van der Waals surface area contributed by atoms with E-state index in [1.54, 1.807) is 35.4 Å². The molecule has 1 aliphatic heterocycles. The lowest BCUT2D eigenvalue weighted by molar-refractivity contribution is -0.119. The molecular weight excluding hydrogens is 403 g/mol. The van der Waals surface area contributed by atoms with Gasteiger partial charge in [0.2, 0.25) is 5.91 Å². The maximum Gasteiger partial charge on any atom is 0.414 e. The second-order valence-electron chi connectivity index (χ2n) is 7.19. The Morgan fingerprint density at radius 1 is 1.42 bits per heavy atom. The average Bonchev–Trinajstić information content (AvgIpc) is 3.13. The second-order valence-corrected chi connectivity index (χ2v) is 7.19. The number of nitrogens with zero attached hydrogens (tertiary/aromatic N) is 3. The molecule has 3 rings (SSSR count).